The number of rotatable bonds is 3. The van der Waals surface area contributed by atoms with Crippen LogP contribution in [0.2, 0.25) is 0 Å². The second-order valence-corrected chi connectivity index (χ2v) is 3.95. The molecule has 1 aromatic heterocycles. The molecule has 1 unspecified atom stereocenters. The van der Waals surface area contributed by atoms with Gasteiger partial charge in [0.05, 0.1) is 12.2 Å². The fourth-order valence-electron chi connectivity index (χ4n) is 1.63. The normalized spacial score (nSPS) is 12.4. The Bertz CT molecular complexity index is 575. The standard InChI is InChI=1S/C12H11F2N3O/c1-17-6-8(5-16-17)11(15)12(18)7-2-9(13)4-10(14)3-7/h2-6,11H,15H2,1H3. The molecular weight excluding hydrogens is 240 g/mol. The maximum atomic E-state index is 13.0. The number of hydrogen-bond donors (Lipinski definition) is 1. The molecule has 0 saturated carbocycles. The summed E-state index contributed by atoms with van der Waals surface area (Å²) in [5, 5.41) is 3.89. The first kappa shape index (κ1) is 12.4. The first-order valence-electron chi connectivity index (χ1n) is 5.22. The van der Waals surface area contributed by atoms with E-state index in [4.69, 9.17) is 5.73 Å². The van der Waals surface area contributed by atoms with E-state index in [-0.39, 0.29) is 5.56 Å². The molecule has 0 radical (unpaired) electrons. The van der Waals surface area contributed by atoms with Crippen molar-refractivity contribution in [1.29, 1.82) is 0 Å². The molecule has 1 atom stereocenters. The third-order valence-electron chi connectivity index (χ3n) is 2.51. The number of aromatic nitrogens is 2. The average Bonchev–Trinajstić information content (AvgIpc) is 2.72. The van der Waals surface area contributed by atoms with Crippen molar-refractivity contribution in [3.05, 3.63) is 53.4 Å². The van der Waals surface area contributed by atoms with Gasteiger partial charge in [-0.15, -0.1) is 0 Å². The number of benzene rings is 1. The zero-order chi connectivity index (χ0) is 13.3. The van der Waals surface area contributed by atoms with E-state index in [9.17, 15) is 13.6 Å². The summed E-state index contributed by atoms with van der Waals surface area (Å²) in [6, 6.07) is 1.63. The summed E-state index contributed by atoms with van der Waals surface area (Å²) < 4.78 is 27.5. The average molecular weight is 251 g/mol. The molecule has 4 nitrogen and oxygen atoms in total. The topological polar surface area (TPSA) is 60.9 Å². The molecular formula is C12H11F2N3O. The Hall–Kier alpha value is -2.08. The van der Waals surface area contributed by atoms with Crippen LogP contribution in [0.25, 0.3) is 0 Å². The van der Waals surface area contributed by atoms with E-state index < -0.39 is 23.5 Å². The zero-order valence-electron chi connectivity index (χ0n) is 9.60. The molecule has 1 heterocycles. The maximum absolute atomic E-state index is 13.0. The van der Waals surface area contributed by atoms with E-state index in [0.29, 0.717) is 11.6 Å². The highest BCUT2D eigenvalue weighted by Crippen LogP contribution is 2.17. The first-order valence-corrected chi connectivity index (χ1v) is 5.22. The van der Waals surface area contributed by atoms with Crippen LogP contribution in [0.15, 0.2) is 30.6 Å². The Morgan fingerprint density at radius 2 is 1.94 bits per heavy atom. The van der Waals surface area contributed by atoms with E-state index >= 15 is 0 Å². The fourth-order valence-corrected chi connectivity index (χ4v) is 1.63. The van der Waals surface area contributed by atoms with Gasteiger partial charge in [0.25, 0.3) is 0 Å². The summed E-state index contributed by atoms with van der Waals surface area (Å²) in [5.41, 5.74) is 6.14. The molecule has 0 spiro atoms. The van der Waals surface area contributed by atoms with Crippen LogP contribution in [0.5, 0.6) is 0 Å². The number of aryl methyl sites for hydroxylation is 1. The number of nitrogens with two attached hydrogens (primary N) is 1. The lowest BCUT2D eigenvalue weighted by Gasteiger charge is -2.08. The van der Waals surface area contributed by atoms with E-state index in [1.54, 1.807) is 13.2 Å². The quantitative estimate of drug-likeness (QED) is 0.842. The van der Waals surface area contributed by atoms with E-state index in [1.165, 1.54) is 10.9 Å². The molecule has 6 heteroatoms. The van der Waals surface area contributed by atoms with Gasteiger partial charge in [0.2, 0.25) is 0 Å². The van der Waals surface area contributed by atoms with E-state index in [1.807, 2.05) is 0 Å². The second kappa shape index (κ2) is 4.66. The molecule has 0 aliphatic rings. The molecule has 0 fully saturated rings. The second-order valence-electron chi connectivity index (χ2n) is 3.95. The Morgan fingerprint density at radius 1 is 1.33 bits per heavy atom. The van der Waals surface area contributed by atoms with Gasteiger partial charge >= 0.3 is 0 Å². The van der Waals surface area contributed by atoms with Gasteiger partial charge in [-0.1, -0.05) is 0 Å². The monoisotopic (exact) mass is 251 g/mol. The van der Waals surface area contributed by atoms with Crippen molar-refractivity contribution >= 4 is 5.78 Å². The third kappa shape index (κ3) is 2.43. The smallest absolute Gasteiger partial charge is 0.184 e. The minimum Gasteiger partial charge on any atom is -0.317 e. The summed E-state index contributed by atoms with van der Waals surface area (Å²) in [7, 11) is 1.68. The van der Waals surface area contributed by atoms with Gasteiger partial charge in [0, 0.05) is 30.4 Å². The zero-order valence-corrected chi connectivity index (χ0v) is 9.60. The van der Waals surface area contributed by atoms with E-state index in [2.05, 4.69) is 5.10 Å². The predicted octanol–water partition coefficient (Wildman–Crippen LogP) is 1.58. The SMILES string of the molecule is Cn1cc(C(N)C(=O)c2cc(F)cc(F)c2)cn1. The number of hydrogen-bond acceptors (Lipinski definition) is 3. The number of carbonyl (C=O) groups is 1. The maximum Gasteiger partial charge on any atom is 0.184 e. The van der Waals surface area contributed by atoms with Crippen LogP contribution in [0.1, 0.15) is 22.0 Å². The van der Waals surface area contributed by atoms with Crippen molar-refractivity contribution in [3.8, 4) is 0 Å². The summed E-state index contributed by atoms with van der Waals surface area (Å²) in [5.74, 6) is -2.17. The first-order chi connectivity index (χ1) is 8.47. The lowest BCUT2D eigenvalue weighted by Crippen LogP contribution is -2.21. The lowest BCUT2D eigenvalue weighted by atomic mass is 10.0. The van der Waals surface area contributed by atoms with Gasteiger partial charge in [-0.05, 0) is 12.1 Å². The van der Waals surface area contributed by atoms with Gasteiger partial charge in [0.15, 0.2) is 5.78 Å². The van der Waals surface area contributed by atoms with Crippen molar-refractivity contribution in [1.82, 2.24) is 9.78 Å². The van der Waals surface area contributed by atoms with Crippen molar-refractivity contribution in [2.75, 3.05) is 0 Å². The number of Topliss-reactive ketones (excluding diaryl/α,β-unsaturated/α-hetero) is 1. The van der Waals surface area contributed by atoms with Gasteiger partial charge in [-0.3, -0.25) is 9.48 Å². The van der Waals surface area contributed by atoms with Gasteiger partial charge in [-0.25, -0.2) is 8.78 Å². The van der Waals surface area contributed by atoms with Gasteiger partial charge < -0.3 is 5.73 Å². The number of nitrogens with zero attached hydrogens (tertiary/aromatic N) is 2. The van der Waals surface area contributed by atoms with Crippen LogP contribution >= 0.6 is 0 Å². The Labute approximate surface area is 102 Å². The molecule has 2 rings (SSSR count). The summed E-state index contributed by atoms with van der Waals surface area (Å²) in [6.07, 6.45) is 3.02. The van der Waals surface area contributed by atoms with E-state index in [0.717, 1.165) is 12.1 Å². The predicted molar refractivity (Wildman–Crippen MR) is 60.8 cm³/mol. The Morgan fingerprint density at radius 3 is 2.44 bits per heavy atom. The fraction of sp³-hybridized carbons (Fsp3) is 0.167. The summed E-state index contributed by atoms with van der Waals surface area (Å²) >= 11 is 0. The molecule has 2 aromatic rings. The van der Waals surface area contributed by atoms with Crippen molar-refractivity contribution in [3.63, 3.8) is 0 Å². The lowest BCUT2D eigenvalue weighted by molar-refractivity contribution is 0.0960. The van der Waals surface area contributed by atoms with Gasteiger partial charge in [0.1, 0.15) is 11.6 Å². The van der Waals surface area contributed by atoms with Crippen molar-refractivity contribution < 1.29 is 13.6 Å². The van der Waals surface area contributed by atoms with Crippen LogP contribution in [0.4, 0.5) is 8.78 Å². The van der Waals surface area contributed by atoms with Crippen LogP contribution < -0.4 is 5.73 Å². The molecule has 94 valence electrons. The third-order valence-corrected chi connectivity index (χ3v) is 2.51. The molecule has 18 heavy (non-hydrogen) atoms. The molecule has 0 amide bonds. The number of ketones is 1. The molecule has 0 aliphatic carbocycles. The Balaban J connectivity index is 2.30. The largest absolute Gasteiger partial charge is 0.317 e. The highest BCUT2D eigenvalue weighted by atomic mass is 19.1. The van der Waals surface area contributed by atoms with Gasteiger partial charge in [-0.2, -0.15) is 5.10 Å². The highest BCUT2D eigenvalue weighted by molar-refractivity contribution is 6.00. The Kier molecular flexibility index (Phi) is 3.20. The molecule has 0 saturated heterocycles. The van der Waals surface area contributed by atoms with Crippen LogP contribution in [-0.2, 0) is 7.05 Å². The minimum atomic E-state index is -0.986. The highest BCUT2D eigenvalue weighted by Gasteiger charge is 2.20. The van der Waals surface area contributed by atoms with Crippen LogP contribution in [0, 0.1) is 11.6 Å². The van der Waals surface area contributed by atoms with Crippen LogP contribution in [-0.4, -0.2) is 15.6 Å². The molecule has 0 aliphatic heterocycles. The minimum absolute atomic E-state index is 0.0937. The summed E-state index contributed by atoms with van der Waals surface area (Å²) in [6.45, 7) is 0. The number of carbonyl (C=O) groups excluding carboxylic acids is 1. The number of halogens is 2. The molecule has 2 N–H and O–H groups in total. The van der Waals surface area contributed by atoms with Crippen molar-refractivity contribution in [2.24, 2.45) is 12.8 Å². The van der Waals surface area contributed by atoms with Crippen LogP contribution in [0.3, 0.4) is 0 Å². The summed E-state index contributed by atoms with van der Waals surface area (Å²) in [4.78, 5) is 12.0. The van der Waals surface area contributed by atoms with Crippen molar-refractivity contribution in [2.45, 2.75) is 6.04 Å². The molecule has 0 bridgehead atoms. The molecule has 1 aromatic carbocycles.